The predicted molar refractivity (Wildman–Crippen MR) is 88.4 cm³/mol. The highest BCUT2D eigenvalue weighted by Gasteiger charge is 2.20. The lowest BCUT2D eigenvalue weighted by molar-refractivity contribution is 0.0697. The highest BCUT2D eigenvalue weighted by Crippen LogP contribution is 2.27. The van der Waals surface area contributed by atoms with Crippen LogP contribution in [0.2, 0.25) is 0 Å². The average Bonchev–Trinajstić information content (AvgIpc) is 3.04. The van der Waals surface area contributed by atoms with Crippen molar-refractivity contribution in [3.63, 3.8) is 0 Å². The first-order chi connectivity index (χ1) is 11.1. The number of aryl methyl sites for hydroxylation is 1. The molecule has 0 amide bonds. The van der Waals surface area contributed by atoms with Crippen molar-refractivity contribution in [3.05, 3.63) is 66.0 Å². The number of anilines is 2. The Morgan fingerprint density at radius 1 is 1.13 bits per heavy atom. The van der Waals surface area contributed by atoms with Gasteiger partial charge in [0.25, 0.3) is 0 Å². The number of nitrogens with zero attached hydrogens (tertiary/aromatic N) is 2. The largest absolute Gasteiger partial charge is 0.496 e. The molecule has 1 heterocycles. The second-order valence-electron chi connectivity index (χ2n) is 5.11. The molecule has 0 unspecified atom stereocenters. The van der Waals surface area contributed by atoms with Gasteiger partial charge in [0.15, 0.2) is 0 Å². The van der Waals surface area contributed by atoms with Crippen LogP contribution in [0.3, 0.4) is 0 Å². The smallest absolute Gasteiger partial charge is 0.337 e. The summed E-state index contributed by atoms with van der Waals surface area (Å²) >= 11 is 0. The summed E-state index contributed by atoms with van der Waals surface area (Å²) in [6.07, 6.45) is 3.61. The van der Waals surface area contributed by atoms with E-state index >= 15 is 0 Å². The number of aromatic carboxylic acids is 1. The molecule has 0 aliphatic carbocycles. The number of hydrogen-bond acceptors (Lipinski definition) is 5. The molecular formula is C17H17N3O3. The predicted octanol–water partition coefficient (Wildman–Crippen LogP) is 2.92. The van der Waals surface area contributed by atoms with E-state index in [0.29, 0.717) is 5.69 Å². The molecule has 0 bridgehead atoms. The molecule has 0 saturated heterocycles. The quantitative estimate of drug-likeness (QED) is 0.905. The number of hydrogen-bond donors (Lipinski definition) is 2. The zero-order chi connectivity index (χ0) is 16.4. The summed E-state index contributed by atoms with van der Waals surface area (Å²) < 4.78 is 5.26. The number of carboxylic acid groups (broad SMARTS) is 1. The topological polar surface area (TPSA) is 65.0 Å². The second kappa shape index (κ2) is 6.02. The molecule has 1 aliphatic rings. The monoisotopic (exact) mass is 311 g/mol. The van der Waals surface area contributed by atoms with Gasteiger partial charge in [-0.15, -0.1) is 5.53 Å². The Hall–Kier alpha value is -2.99. The Labute approximate surface area is 134 Å². The summed E-state index contributed by atoms with van der Waals surface area (Å²) in [6, 6.07) is 12.7. The van der Waals surface area contributed by atoms with Crippen molar-refractivity contribution in [1.29, 1.82) is 0 Å². The van der Waals surface area contributed by atoms with Crippen LogP contribution < -0.4 is 20.3 Å². The molecule has 23 heavy (non-hydrogen) atoms. The minimum absolute atomic E-state index is 0.234. The first kappa shape index (κ1) is 14.9. The van der Waals surface area contributed by atoms with Crippen LogP contribution in [0.15, 0.2) is 54.9 Å². The van der Waals surface area contributed by atoms with Gasteiger partial charge in [0.05, 0.1) is 24.0 Å². The van der Waals surface area contributed by atoms with Crippen LogP contribution in [-0.2, 0) is 0 Å². The first-order valence-corrected chi connectivity index (χ1v) is 7.10. The molecule has 0 radical (unpaired) electrons. The number of rotatable bonds is 4. The van der Waals surface area contributed by atoms with Gasteiger partial charge >= 0.3 is 5.97 Å². The number of carboxylic acids is 1. The molecule has 2 N–H and O–H groups in total. The van der Waals surface area contributed by atoms with E-state index in [1.807, 2.05) is 36.3 Å². The third-order valence-electron chi connectivity index (χ3n) is 3.63. The standard InChI is InChI=1S/C17H17N3O3/c1-12-11-13(7-8-16(12)23-2)19-9-10-20(18-19)15-6-4-3-5-14(15)17(21)22/h3-11,18H,1-2H3,(H,21,22). The van der Waals surface area contributed by atoms with Gasteiger partial charge in [0.2, 0.25) is 0 Å². The van der Waals surface area contributed by atoms with Gasteiger partial charge in [0.1, 0.15) is 5.75 Å². The van der Waals surface area contributed by atoms with Crippen molar-refractivity contribution < 1.29 is 14.6 Å². The van der Waals surface area contributed by atoms with E-state index in [1.165, 1.54) is 0 Å². The maximum atomic E-state index is 11.3. The Bertz CT molecular complexity index is 773. The van der Waals surface area contributed by atoms with Crippen LogP contribution in [0.25, 0.3) is 0 Å². The number of nitrogens with one attached hydrogen (secondary N) is 1. The number of benzene rings is 2. The lowest BCUT2D eigenvalue weighted by Crippen LogP contribution is -2.40. The molecule has 0 atom stereocenters. The Kier molecular flexibility index (Phi) is 3.91. The summed E-state index contributed by atoms with van der Waals surface area (Å²) in [5, 5.41) is 12.8. The van der Waals surface area contributed by atoms with Crippen molar-refractivity contribution in [2.45, 2.75) is 6.92 Å². The highest BCUT2D eigenvalue weighted by atomic mass is 16.5. The molecule has 1 aliphatic heterocycles. The Balaban J connectivity index is 1.84. The van der Waals surface area contributed by atoms with Gasteiger partial charge in [-0.1, -0.05) is 12.1 Å². The maximum absolute atomic E-state index is 11.3. The third kappa shape index (κ3) is 2.84. The van der Waals surface area contributed by atoms with E-state index in [1.54, 1.807) is 42.6 Å². The minimum atomic E-state index is -0.963. The van der Waals surface area contributed by atoms with Gasteiger partial charge < -0.3 is 9.84 Å². The summed E-state index contributed by atoms with van der Waals surface area (Å²) in [7, 11) is 1.64. The SMILES string of the molecule is COc1ccc(N2C=CN(c3ccccc3C(=O)O)N2)cc1C. The van der Waals surface area contributed by atoms with Crippen LogP contribution in [0.1, 0.15) is 15.9 Å². The van der Waals surface area contributed by atoms with Crippen LogP contribution in [0.4, 0.5) is 11.4 Å². The molecular weight excluding hydrogens is 294 g/mol. The van der Waals surface area contributed by atoms with Crippen molar-refractivity contribution in [2.24, 2.45) is 0 Å². The van der Waals surface area contributed by atoms with Crippen LogP contribution >= 0.6 is 0 Å². The fourth-order valence-corrected chi connectivity index (χ4v) is 2.47. The fraction of sp³-hybridized carbons (Fsp3) is 0.118. The van der Waals surface area contributed by atoms with Crippen molar-refractivity contribution in [3.8, 4) is 5.75 Å². The molecule has 0 saturated carbocycles. The minimum Gasteiger partial charge on any atom is -0.496 e. The van der Waals surface area contributed by atoms with E-state index in [9.17, 15) is 9.90 Å². The third-order valence-corrected chi connectivity index (χ3v) is 3.63. The van der Waals surface area contributed by atoms with Crippen molar-refractivity contribution in [1.82, 2.24) is 5.53 Å². The average molecular weight is 311 g/mol. The zero-order valence-corrected chi connectivity index (χ0v) is 12.9. The number of para-hydroxylation sites is 1. The molecule has 2 aromatic carbocycles. The van der Waals surface area contributed by atoms with E-state index in [-0.39, 0.29) is 5.56 Å². The number of methoxy groups -OCH3 is 1. The van der Waals surface area contributed by atoms with Gasteiger partial charge in [-0.2, -0.15) is 0 Å². The molecule has 118 valence electrons. The highest BCUT2D eigenvalue weighted by molar-refractivity contribution is 5.94. The van der Waals surface area contributed by atoms with Crippen LogP contribution in [0.5, 0.6) is 5.75 Å². The van der Waals surface area contributed by atoms with Gasteiger partial charge in [0, 0.05) is 12.4 Å². The van der Waals surface area contributed by atoms with E-state index in [2.05, 4.69) is 5.53 Å². The second-order valence-corrected chi connectivity index (χ2v) is 5.11. The molecule has 6 heteroatoms. The maximum Gasteiger partial charge on any atom is 0.337 e. The fourth-order valence-electron chi connectivity index (χ4n) is 2.47. The van der Waals surface area contributed by atoms with Crippen molar-refractivity contribution in [2.75, 3.05) is 17.1 Å². The molecule has 0 fully saturated rings. The van der Waals surface area contributed by atoms with Crippen LogP contribution in [0, 0.1) is 6.92 Å². The summed E-state index contributed by atoms with van der Waals surface area (Å²) in [5.74, 6) is -0.139. The van der Waals surface area contributed by atoms with E-state index < -0.39 is 5.97 Å². The number of ether oxygens (including phenoxy) is 1. The molecule has 6 nitrogen and oxygen atoms in total. The van der Waals surface area contributed by atoms with E-state index in [0.717, 1.165) is 17.0 Å². The van der Waals surface area contributed by atoms with E-state index in [4.69, 9.17) is 4.74 Å². The first-order valence-electron chi connectivity index (χ1n) is 7.10. The van der Waals surface area contributed by atoms with Crippen LogP contribution in [-0.4, -0.2) is 18.2 Å². The lowest BCUT2D eigenvalue weighted by Gasteiger charge is -2.24. The van der Waals surface area contributed by atoms with Gasteiger partial charge in [-0.3, -0.25) is 10.0 Å². The summed E-state index contributed by atoms with van der Waals surface area (Å²) in [6.45, 7) is 1.97. The summed E-state index contributed by atoms with van der Waals surface area (Å²) in [5.41, 5.74) is 5.89. The zero-order valence-electron chi connectivity index (χ0n) is 12.9. The van der Waals surface area contributed by atoms with Gasteiger partial charge in [-0.05, 0) is 42.8 Å². The Morgan fingerprint density at radius 2 is 1.87 bits per heavy atom. The number of hydrazine groups is 2. The van der Waals surface area contributed by atoms with Crippen molar-refractivity contribution >= 4 is 17.3 Å². The summed E-state index contributed by atoms with van der Waals surface area (Å²) in [4.78, 5) is 11.3. The van der Waals surface area contributed by atoms with Gasteiger partial charge in [-0.25, -0.2) is 4.79 Å². The Morgan fingerprint density at radius 3 is 2.57 bits per heavy atom. The molecule has 3 rings (SSSR count). The molecule has 0 aromatic heterocycles. The molecule has 2 aromatic rings. The number of carbonyl (C=O) groups is 1. The normalized spacial score (nSPS) is 13.5. The molecule has 0 spiro atoms. The lowest BCUT2D eigenvalue weighted by atomic mass is 10.2.